The Balaban J connectivity index is 0.00000312. The minimum Gasteiger partial charge on any atom is -0.495 e. The molecule has 136 valence electrons. The highest BCUT2D eigenvalue weighted by atomic mass is 127. The van der Waals surface area contributed by atoms with Crippen molar-refractivity contribution in [2.45, 2.75) is 6.54 Å². The second kappa shape index (κ2) is 11.5. The van der Waals surface area contributed by atoms with Crippen molar-refractivity contribution in [3.05, 3.63) is 54.1 Å². The number of para-hydroxylation sites is 2. The lowest BCUT2D eigenvalue weighted by Gasteiger charge is -2.10. The van der Waals surface area contributed by atoms with Gasteiger partial charge in [0.2, 0.25) is 0 Å². The molecule has 2 rings (SSSR count). The summed E-state index contributed by atoms with van der Waals surface area (Å²) in [6.07, 6.45) is 0. The number of anilines is 1. The number of benzene rings is 2. The maximum absolute atomic E-state index is 5.95. The number of aliphatic imine (C=N–C) groups is 1. The lowest BCUT2D eigenvalue weighted by molar-refractivity contribution is 0.146. The highest BCUT2D eigenvalue weighted by molar-refractivity contribution is 14.0. The number of ether oxygens (including phenoxy) is 3. The molecule has 0 fully saturated rings. The van der Waals surface area contributed by atoms with Crippen molar-refractivity contribution in [2.24, 2.45) is 10.7 Å². The number of guanidine groups is 1. The van der Waals surface area contributed by atoms with Crippen LogP contribution in [0, 0.1) is 0 Å². The molecule has 0 saturated carbocycles. The summed E-state index contributed by atoms with van der Waals surface area (Å²) in [7, 11) is 3.26. The minimum absolute atomic E-state index is 0. The third kappa shape index (κ3) is 7.18. The van der Waals surface area contributed by atoms with Crippen LogP contribution in [-0.2, 0) is 11.3 Å². The number of nitrogens with one attached hydrogen (secondary N) is 1. The first-order valence-corrected chi connectivity index (χ1v) is 7.63. The van der Waals surface area contributed by atoms with Gasteiger partial charge in [0.05, 0.1) is 25.9 Å². The number of rotatable bonds is 8. The highest BCUT2D eigenvalue weighted by Gasteiger charge is 2.02. The smallest absolute Gasteiger partial charge is 0.193 e. The van der Waals surface area contributed by atoms with Crippen molar-refractivity contribution < 1.29 is 14.2 Å². The van der Waals surface area contributed by atoms with Crippen molar-refractivity contribution in [3.8, 4) is 11.5 Å². The molecule has 6 nitrogen and oxygen atoms in total. The molecule has 0 amide bonds. The van der Waals surface area contributed by atoms with E-state index >= 15 is 0 Å². The third-order valence-electron chi connectivity index (χ3n) is 3.26. The molecule has 7 heteroatoms. The molecule has 0 aromatic heterocycles. The fraction of sp³-hybridized carbons (Fsp3) is 0.278. The van der Waals surface area contributed by atoms with Crippen molar-refractivity contribution in [1.29, 1.82) is 0 Å². The lowest BCUT2D eigenvalue weighted by atomic mass is 10.2. The number of halogens is 1. The van der Waals surface area contributed by atoms with Gasteiger partial charge in [-0.15, -0.1) is 24.0 Å². The van der Waals surface area contributed by atoms with Gasteiger partial charge in [-0.05, 0) is 29.8 Å². The molecule has 0 aliphatic carbocycles. The fourth-order valence-electron chi connectivity index (χ4n) is 2.08. The Kier molecular flexibility index (Phi) is 9.71. The van der Waals surface area contributed by atoms with E-state index in [0.717, 1.165) is 17.0 Å². The molecule has 0 aliphatic rings. The first-order chi connectivity index (χ1) is 11.7. The largest absolute Gasteiger partial charge is 0.495 e. The zero-order valence-corrected chi connectivity index (χ0v) is 16.7. The average Bonchev–Trinajstić information content (AvgIpc) is 2.61. The van der Waals surface area contributed by atoms with Gasteiger partial charge >= 0.3 is 0 Å². The van der Waals surface area contributed by atoms with Gasteiger partial charge in [0, 0.05) is 7.11 Å². The third-order valence-corrected chi connectivity index (χ3v) is 3.26. The van der Waals surface area contributed by atoms with Crippen molar-refractivity contribution >= 4 is 35.6 Å². The standard InChI is InChI=1S/C18H23N3O3.HI/c1-22-10-11-24-15-7-5-6-14(12-15)13-20-18(19)21-16-8-3-4-9-17(16)23-2;/h3-9,12H,10-11,13H2,1-2H3,(H3,19,20,21);1H. The maximum Gasteiger partial charge on any atom is 0.193 e. The molecule has 2 aromatic carbocycles. The van der Waals surface area contributed by atoms with E-state index in [4.69, 9.17) is 19.9 Å². The molecule has 0 saturated heterocycles. The van der Waals surface area contributed by atoms with E-state index in [1.54, 1.807) is 14.2 Å². The van der Waals surface area contributed by atoms with Gasteiger partial charge in [-0.2, -0.15) is 0 Å². The van der Waals surface area contributed by atoms with E-state index in [-0.39, 0.29) is 24.0 Å². The van der Waals surface area contributed by atoms with Crippen LogP contribution in [-0.4, -0.2) is 33.4 Å². The van der Waals surface area contributed by atoms with Gasteiger partial charge in [-0.3, -0.25) is 0 Å². The molecule has 0 atom stereocenters. The Hall–Kier alpha value is -2.00. The normalized spacial score (nSPS) is 10.7. The Morgan fingerprint density at radius 1 is 1.08 bits per heavy atom. The van der Waals surface area contributed by atoms with Crippen LogP contribution in [0.2, 0.25) is 0 Å². The van der Waals surface area contributed by atoms with E-state index < -0.39 is 0 Å². The highest BCUT2D eigenvalue weighted by Crippen LogP contribution is 2.22. The zero-order valence-electron chi connectivity index (χ0n) is 14.4. The quantitative estimate of drug-likeness (QED) is 0.276. The second-order valence-electron chi connectivity index (χ2n) is 5.02. The SMILES string of the molecule is COCCOc1cccc(CN=C(N)Nc2ccccc2OC)c1.I. The van der Waals surface area contributed by atoms with Crippen LogP contribution in [0.4, 0.5) is 5.69 Å². The lowest BCUT2D eigenvalue weighted by Crippen LogP contribution is -2.22. The van der Waals surface area contributed by atoms with Gasteiger partial charge in [0.15, 0.2) is 5.96 Å². The van der Waals surface area contributed by atoms with E-state index in [1.807, 2.05) is 48.5 Å². The number of hydrogen-bond acceptors (Lipinski definition) is 4. The Labute approximate surface area is 165 Å². The van der Waals surface area contributed by atoms with E-state index in [1.165, 1.54) is 0 Å². The van der Waals surface area contributed by atoms with Crippen molar-refractivity contribution in [2.75, 3.05) is 32.8 Å². The predicted molar refractivity (Wildman–Crippen MR) is 111 cm³/mol. The van der Waals surface area contributed by atoms with E-state index in [9.17, 15) is 0 Å². The number of nitrogens with two attached hydrogens (primary N) is 1. The summed E-state index contributed by atoms with van der Waals surface area (Å²) in [4.78, 5) is 4.35. The van der Waals surface area contributed by atoms with Crippen LogP contribution in [0.15, 0.2) is 53.5 Å². The van der Waals surface area contributed by atoms with Crippen molar-refractivity contribution in [3.63, 3.8) is 0 Å². The van der Waals surface area contributed by atoms with Crippen LogP contribution in [0.5, 0.6) is 11.5 Å². The monoisotopic (exact) mass is 457 g/mol. The molecular weight excluding hydrogens is 433 g/mol. The van der Waals surface area contributed by atoms with Gasteiger partial charge in [0.25, 0.3) is 0 Å². The van der Waals surface area contributed by atoms with Gasteiger partial charge in [-0.1, -0.05) is 24.3 Å². The van der Waals surface area contributed by atoms with Crippen LogP contribution in [0.25, 0.3) is 0 Å². The molecule has 0 bridgehead atoms. The van der Waals surface area contributed by atoms with Crippen molar-refractivity contribution in [1.82, 2.24) is 0 Å². The zero-order chi connectivity index (χ0) is 17.2. The van der Waals surface area contributed by atoms with Crippen LogP contribution in [0.1, 0.15) is 5.56 Å². The topological polar surface area (TPSA) is 78.1 Å². The molecule has 2 aromatic rings. The number of nitrogens with zero attached hydrogens (tertiary/aromatic N) is 1. The fourth-order valence-corrected chi connectivity index (χ4v) is 2.08. The Bertz CT molecular complexity index is 680. The predicted octanol–water partition coefficient (Wildman–Crippen LogP) is 3.27. The molecule has 0 aliphatic heterocycles. The molecule has 25 heavy (non-hydrogen) atoms. The Morgan fingerprint density at radius 2 is 1.88 bits per heavy atom. The minimum atomic E-state index is 0. The number of hydrogen-bond donors (Lipinski definition) is 2. The molecule has 3 N–H and O–H groups in total. The first kappa shape index (κ1) is 21.0. The average molecular weight is 457 g/mol. The van der Waals surface area contributed by atoms with Crippen LogP contribution < -0.4 is 20.5 Å². The van der Waals surface area contributed by atoms with Crippen LogP contribution in [0.3, 0.4) is 0 Å². The molecular formula is C18H24IN3O3. The summed E-state index contributed by atoms with van der Waals surface area (Å²) in [6, 6.07) is 15.3. The summed E-state index contributed by atoms with van der Waals surface area (Å²) in [6.45, 7) is 1.52. The maximum atomic E-state index is 5.95. The summed E-state index contributed by atoms with van der Waals surface area (Å²) >= 11 is 0. The van der Waals surface area contributed by atoms with E-state index in [0.29, 0.717) is 31.5 Å². The molecule has 0 heterocycles. The van der Waals surface area contributed by atoms with Gasteiger partial charge < -0.3 is 25.3 Å². The number of methoxy groups -OCH3 is 2. The Morgan fingerprint density at radius 3 is 2.64 bits per heavy atom. The van der Waals surface area contributed by atoms with Gasteiger partial charge in [0.1, 0.15) is 18.1 Å². The molecule has 0 radical (unpaired) electrons. The first-order valence-electron chi connectivity index (χ1n) is 7.63. The summed E-state index contributed by atoms with van der Waals surface area (Å²) in [5.41, 5.74) is 7.73. The second-order valence-corrected chi connectivity index (χ2v) is 5.02. The summed E-state index contributed by atoms with van der Waals surface area (Å²) in [5.74, 6) is 1.82. The molecule has 0 spiro atoms. The summed E-state index contributed by atoms with van der Waals surface area (Å²) in [5, 5.41) is 3.04. The summed E-state index contributed by atoms with van der Waals surface area (Å²) < 4.78 is 15.8. The molecule has 0 unspecified atom stereocenters. The van der Waals surface area contributed by atoms with E-state index in [2.05, 4.69) is 10.3 Å². The van der Waals surface area contributed by atoms with Crippen LogP contribution >= 0.6 is 24.0 Å². The van der Waals surface area contributed by atoms with Gasteiger partial charge in [-0.25, -0.2) is 4.99 Å².